The number of rotatable bonds is 5. The van der Waals surface area contributed by atoms with Gasteiger partial charge in [-0.3, -0.25) is 0 Å². The molecular formula is C12H19N3O2. The average Bonchev–Trinajstić information content (AvgIpc) is 2.41. The molecule has 2 heterocycles. The Bertz CT molecular complexity index is 323. The first kappa shape index (κ1) is 12.3. The van der Waals surface area contributed by atoms with Crippen LogP contribution in [0, 0.1) is 5.92 Å². The van der Waals surface area contributed by atoms with E-state index in [1.54, 1.807) is 7.11 Å². The smallest absolute Gasteiger partial charge is 0.233 e. The standard InChI is InChI=1S/C12H19N3O2/c1-16-12-5-4-11(14-15-12)8-13-7-10-3-2-6-17-9-10/h4-5,10,13H,2-3,6-9H2,1H3. The van der Waals surface area contributed by atoms with Gasteiger partial charge in [0.2, 0.25) is 5.88 Å². The van der Waals surface area contributed by atoms with E-state index in [0.717, 1.165) is 32.0 Å². The van der Waals surface area contributed by atoms with Crippen molar-refractivity contribution in [1.29, 1.82) is 0 Å². The largest absolute Gasteiger partial charge is 0.480 e. The highest BCUT2D eigenvalue weighted by atomic mass is 16.5. The molecule has 1 aromatic rings. The van der Waals surface area contributed by atoms with Crippen molar-refractivity contribution >= 4 is 0 Å². The Morgan fingerprint density at radius 1 is 1.47 bits per heavy atom. The van der Waals surface area contributed by atoms with Crippen LogP contribution in [0.4, 0.5) is 0 Å². The van der Waals surface area contributed by atoms with Gasteiger partial charge in [-0.25, -0.2) is 0 Å². The van der Waals surface area contributed by atoms with Gasteiger partial charge in [0.15, 0.2) is 0 Å². The molecule has 0 aromatic carbocycles. The second-order valence-corrected chi connectivity index (χ2v) is 4.28. The van der Waals surface area contributed by atoms with Crippen LogP contribution in [0.3, 0.4) is 0 Å². The van der Waals surface area contributed by atoms with Crippen LogP contribution < -0.4 is 10.1 Å². The fourth-order valence-corrected chi connectivity index (χ4v) is 1.92. The molecule has 1 aliphatic rings. The van der Waals surface area contributed by atoms with E-state index in [2.05, 4.69) is 15.5 Å². The molecule has 2 rings (SSSR count). The summed E-state index contributed by atoms with van der Waals surface area (Å²) in [6, 6.07) is 3.75. The van der Waals surface area contributed by atoms with Gasteiger partial charge in [0.1, 0.15) is 0 Å². The number of nitrogens with zero attached hydrogens (tertiary/aromatic N) is 2. The number of methoxy groups -OCH3 is 1. The summed E-state index contributed by atoms with van der Waals surface area (Å²) >= 11 is 0. The summed E-state index contributed by atoms with van der Waals surface area (Å²) in [7, 11) is 1.59. The third-order valence-corrected chi connectivity index (χ3v) is 2.90. The third-order valence-electron chi connectivity index (χ3n) is 2.90. The monoisotopic (exact) mass is 237 g/mol. The molecule has 0 bridgehead atoms. The normalized spacial score (nSPS) is 20.2. The number of hydrogen-bond acceptors (Lipinski definition) is 5. The molecule has 1 aliphatic heterocycles. The minimum atomic E-state index is 0.550. The molecule has 1 saturated heterocycles. The van der Waals surface area contributed by atoms with Gasteiger partial charge >= 0.3 is 0 Å². The van der Waals surface area contributed by atoms with Crippen LogP contribution >= 0.6 is 0 Å². The van der Waals surface area contributed by atoms with Gasteiger partial charge in [0.05, 0.1) is 19.4 Å². The Kier molecular flexibility index (Phi) is 4.70. The van der Waals surface area contributed by atoms with Gasteiger partial charge in [0.25, 0.3) is 0 Å². The zero-order valence-corrected chi connectivity index (χ0v) is 10.2. The minimum absolute atomic E-state index is 0.550. The Morgan fingerprint density at radius 3 is 3.06 bits per heavy atom. The van der Waals surface area contributed by atoms with Crippen molar-refractivity contribution < 1.29 is 9.47 Å². The van der Waals surface area contributed by atoms with Crippen LogP contribution in [0.5, 0.6) is 5.88 Å². The van der Waals surface area contributed by atoms with Gasteiger partial charge in [-0.2, -0.15) is 5.10 Å². The minimum Gasteiger partial charge on any atom is -0.480 e. The molecule has 0 saturated carbocycles. The van der Waals surface area contributed by atoms with Crippen molar-refractivity contribution in [2.75, 3.05) is 26.9 Å². The first-order valence-electron chi connectivity index (χ1n) is 6.03. The molecule has 1 aromatic heterocycles. The van der Waals surface area contributed by atoms with Crippen LogP contribution in [-0.2, 0) is 11.3 Å². The molecule has 94 valence electrons. The molecule has 0 radical (unpaired) electrons. The van der Waals surface area contributed by atoms with Crippen LogP contribution in [-0.4, -0.2) is 37.1 Å². The Morgan fingerprint density at radius 2 is 2.41 bits per heavy atom. The highest BCUT2D eigenvalue weighted by molar-refractivity contribution is 5.10. The van der Waals surface area contributed by atoms with Crippen LogP contribution in [0.15, 0.2) is 12.1 Å². The van der Waals surface area contributed by atoms with Crippen molar-refractivity contribution in [3.8, 4) is 5.88 Å². The predicted molar refractivity (Wildman–Crippen MR) is 63.8 cm³/mol. The van der Waals surface area contributed by atoms with E-state index >= 15 is 0 Å². The van der Waals surface area contributed by atoms with E-state index in [1.165, 1.54) is 12.8 Å². The molecular weight excluding hydrogens is 218 g/mol. The zero-order valence-electron chi connectivity index (χ0n) is 10.2. The first-order chi connectivity index (χ1) is 8.38. The summed E-state index contributed by atoms with van der Waals surface area (Å²) in [5.74, 6) is 1.18. The number of ether oxygens (including phenoxy) is 2. The molecule has 1 atom stereocenters. The van der Waals surface area contributed by atoms with Crippen molar-refractivity contribution in [1.82, 2.24) is 15.5 Å². The van der Waals surface area contributed by atoms with Gasteiger partial charge in [0, 0.05) is 25.8 Å². The topological polar surface area (TPSA) is 56.3 Å². The number of aromatic nitrogens is 2. The molecule has 1 unspecified atom stereocenters. The fourth-order valence-electron chi connectivity index (χ4n) is 1.92. The van der Waals surface area contributed by atoms with Crippen LogP contribution in [0.25, 0.3) is 0 Å². The summed E-state index contributed by atoms with van der Waals surface area (Å²) in [6.45, 7) is 3.52. The second-order valence-electron chi connectivity index (χ2n) is 4.28. The van der Waals surface area contributed by atoms with E-state index in [9.17, 15) is 0 Å². The lowest BCUT2D eigenvalue weighted by Crippen LogP contribution is -2.29. The Balaban J connectivity index is 1.69. The van der Waals surface area contributed by atoms with Gasteiger partial charge in [-0.1, -0.05) is 0 Å². The molecule has 5 nitrogen and oxygen atoms in total. The maximum absolute atomic E-state index is 5.43. The summed E-state index contributed by atoms with van der Waals surface area (Å²) in [5, 5.41) is 11.4. The molecule has 1 N–H and O–H groups in total. The van der Waals surface area contributed by atoms with Gasteiger partial charge in [-0.05, 0) is 24.8 Å². The summed E-state index contributed by atoms with van der Waals surface area (Å²) in [4.78, 5) is 0. The van der Waals surface area contributed by atoms with E-state index in [-0.39, 0.29) is 0 Å². The zero-order chi connectivity index (χ0) is 11.9. The highest BCUT2D eigenvalue weighted by Gasteiger charge is 2.13. The highest BCUT2D eigenvalue weighted by Crippen LogP contribution is 2.12. The first-order valence-corrected chi connectivity index (χ1v) is 6.03. The van der Waals surface area contributed by atoms with Crippen molar-refractivity contribution in [2.24, 2.45) is 5.92 Å². The van der Waals surface area contributed by atoms with Crippen molar-refractivity contribution in [3.05, 3.63) is 17.8 Å². The number of hydrogen-bond donors (Lipinski definition) is 1. The van der Waals surface area contributed by atoms with Crippen molar-refractivity contribution in [2.45, 2.75) is 19.4 Å². The molecule has 0 spiro atoms. The lowest BCUT2D eigenvalue weighted by Gasteiger charge is -2.22. The Hall–Kier alpha value is -1.20. The molecule has 17 heavy (non-hydrogen) atoms. The van der Waals surface area contributed by atoms with Crippen LogP contribution in [0.1, 0.15) is 18.5 Å². The Labute approximate surface area is 102 Å². The lowest BCUT2D eigenvalue weighted by atomic mass is 10.0. The average molecular weight is 237 g/mol. The molecule has 1 fully saturated rings. The van der Waals surface area contributed by atoms with Crippen LogP contribution in [0.2, 0.25) is 0 Å². The maximum atomic E-state index is 5.43. The SMILES string of the molecule is COc1ccc(CNCC2CCCOC2)nn1. The van der Waals surface area contributed by atoms with Gasteiger partial charge < -0.3 is 14.8 Å². The lowest BCUT2D eigenvalue weighted by molar-refractivity contribution is 0.0547. The van der Waals surface area contributed by atoms with E-state index in [1.807, 2.05) is 12.1 Å². The summed E-state index contributed by atoms with van der Waals surface area (Å²) in [6.07, 6.45) is 2.43. The number of nitrogens with one attached hydrogen (secondary N) is 1. The molecule has 5 heteroatoms. The predicted octanol–water partition coefficient (Wildman–Crippen LogP) is 1.00. The molecule has 0 aliphatic carbocycles. The third kappa shape index (κ3) is 3.94. The fraction of sp³-hybridized carbons (Fsp3) is 0.667. The van der Waals surface area contributed by atoms with E-state index in [0.29, 0.717) is 11.8 Å². The molecule has 0 amide bonds. The van der Waals surface area contributed by atoms with Gasteiger partial charge in [-0.15, -0.1) is 5.10 Å². The maximum Gasteiger partial charge on any atom is 0.233 e. The second kappa shape index (κ2) is 6.51. The quantitative estimate of drug-likeness (QED) is 0.828. The summed E-state index contributed by atoms with van der Waals surface area (Å²) in [5.41, 5.74) is 0.933. The van der Waals surface area contributed by atoms with E-state index in [4.69, 9.17) is 9.47 Å². The van der Waals surface area contributed by atoms with E-state index < -0.39 is 0 Å². The summed E-state index contributed by atoms with van der Waals surface area (Å²) < 4.78 is 10.4. The van der Waals surface area contributed by atoms with Crippen molar-refractivity contribution in [3.63, 3.8) is 0 Å².